The molecule has 8 rings (SSSR count). The van der Waals surface area contributed by atoms with E-state index in [9.17, 15) is 14.7 Å². The summed E-state index contributed by atoms with van der Waals surface area (Å²) >= 11 is 0. The Hall–Kier alpha value is -3.14. The molecular formula is C31H34N2O7. The number of carbonyl (C=O) groups excluding carboxylic acids is 2. The molecule has 1 N–H and O–H groups in total. The molecule has 3 aliphatic heterocycles. The first-order chi connectivity index (χ1) is 19.4. The number of imide groups is 1. The lowest BCUT2D eigenvalue weighted by atomic mass is 9.48. The van der Waals surface area contributed by atoms with Crippen molar-refractivity contribution in [2.75, 3.05) is 34.1 Å². The number of fused-ring (bicyclic) bond motifs is 1. The van der Waals surface area contributed by atoms with Gasteiger partial charge < -0.3 is 24.1 Å². The van der Waals surface area contributed by atoms with Gasteiger partial charge in [0, 0.05) is 25.3 Å². The van der Waals surface area contributed by atoms with Crippen LogP contribution < -0.4 is 14.2 Å². The van der Waals surface area contributed by atoms with E-state index in [0.717, 1.165) is 30.6 Å². The van der Waals surface area contributed by atoms with Crippen LogP contribution in [0, 0.1) is 5.92 Å². The average molecular weight is 547 g/mol. The monoisotopic (exact) mass is 546 g/mol. The second-order valence-electron chi connectivity index (χ2n) is 12.3. The zero-order valence-corrected chi connectivity index (χ0v) is 22.9. The van der Waals surface area contributed by atoms with Gasteiger partial charge in [-0.15, -0.1) is 0 Å². The van der Waals surface area contributed by atoms with Crippen molar-refractivity contribution >= 4 is 11.8 Å². The normalized spacial score (nSPS) is 33.5. The van der Waals surface area contributed by atoms with E-state index in [1.165, 1.54) is 24.9 Å². The summed E-state index contributed by atoms with van der Waals surface area (Å²) in [6.07, 6.45) is 4.29. The Bertz CT molecular complexity index is 1440. The van der Waals surface area contributed by atoms with Gasteiger partial charge in [-0.2, -0.15) is 0 Å². The van der Waals surface area contributed by atoms with Gasteiger partial charge in [-0.1, -0.05) is 12.1 Å². The maximum atomic E-state index is 13.9. The number of benzene rings is 2. The third-order valence-corrected chi connectivity index (χ3v) is 10.5. The topological polar surface area (TPSA) is 97.8 Å². The Balaban J connectivity index is 1.26. The fourth-order valence-electron chi connectivity index (χ4n) is 8.69. The summed E-state index contributed by atoms with van der Waals surface area (Å²) in [5.41, 5.74) is 1.00. The Kier molecular flexibility index (Phi) is 5.20. The van der Waals surface area contributed by atoms with Gasteiger partial charge in [0.15, 0.2) is 18.3 Å². The van der Waals surface area contributed by atoms with Crippen molar-refractivity contribution in [2.45, 2.75) is 67.7 Å². The summed E-state index contributed by atoms with van der Waals surface area (Å²) in [5.74, 6) is 1.59. The number of aliphatic hydroxyl groups is 1. The minimum Gasteiger partial charge on any atom is -0.496 e. The number of nitrogens with zero attached hydrogens (tertiary/aromatic N) is 2. The highest BCUT2D eigenvalue weighted by Crippen LogP contribution is 2.66. The van der Waals surface area contributed by atoms with Crippen molar-refractivity contribution in [1.82, 2.24) is 9.80 Å². The van der Waals surface area contributed by atoms with Gasteiger partial charge in [0.1, 0.15) is 11.9 Å². The van der Waals surface area contributed by atoms with Gasteiger partial charge in [0.05, 0.1) is 35.3 Å². The van der Waals surface area contributed by atoms with Gasteiger partial charge in [0.2, 0.25) is 0 Å². The minimum atomic E-state index is -1.05. The summed E-state index contributed by atoms with van der Waals surface area (Å²) in [6, 6.07) is 8.57. The minimum absolute atomic E-state index is 0.0413. The van der Waals surface area contributed by atoms with Crippen LogP contribution in [-0.2, 0) is 16.6 Å². The third kappa shape index (κ3) is 2.98. The molecule has 6 aliphatic rings. The molecule has 3 aliphatic carbocycles. The molecule has 2 aromatic rings. The van der Waals surface area contributed by atoms with Crippen molar-refractivity contribution in [3.05, 3.63) is 52.6 Å². The molecule has 2 aromatic carbocycles. The van der Waals surface area contributed by atoms with Gasteiger partial charge in [-0.3, -0.25) is 19.4 Å². The van der Waals surface area contributed by atoms with Crippen LogP contribution in [0.5, 0.6) is 17.2 Å². The Labute approximate surface area is 232 Å². The van der Waals surface area contributed by atoms with Crippen LogP contribution in [-0.4, -0.2) is 84.6 Å². The van der Waals surface area contributed by atoms with E-state index in [-0.39, 0.29) is 24.6 Å². The molecule has 2 saturated carbocycles. The van der Waals surface area contributed by atoms with Gasteiger partial charge in [0.25, 0.3) is 11.8 Å². The van der Waals surface area contributed by atoms with E-state index in [1.807, 2.05) is 6.07 Å². The molecule has 0 radical (unpaired) electrons. The SMILES string of the molecule is COCOc1ccc2c3c1O[C@H]1[C@H](N4C(=O)c5cccc(OC)c5C4=O)CC[C@@]4(O)[C@@H](C2)N(CC2CC2)CC[C@]314. The maximum Gasteiger partial charge on any atom is 0.265 e. The van der Waals surface area contributed by atoms with Crippen molar-refractivity contribution in [3.8, 4) is 17.2 Å². The van der Waals surface area contributed by atoms with E-state index in [1.54, 1.807) is 25.3 Å². The van der Waals surface area contributed by atoms with E-state index in [4.69, 9.17) is 18.9 Å². The number of hydrogen-bond donors (Lipinski definition) is 1. The number of carbonyl (C=O) groups is 2. The summed E-state index contributed by atoms with van der Waals surface area (Å²) in [6.45, 7) is 1.91. The van der Waals surface area contributed by atoms with Crippen molar-refractivity contribution in [2.24, 2.45) is 5.92 Å². The highest BCUT2D eigenvalue weighted by Gasteiger charge is 2.74. The number of likely N-dealkylation sites (tertiary alicyclic amines) is 1. The zero-order valence-electron chi connectivity index (χ0n) is 22.9. The number of piperidine rings is 1. The molecule has 210 valence electrons. The first-order valence-corrected chi connectivity index (χ1v) is 14.4. The molecule has 1 saturated heterocycles. The highest BCUT2D eigenvalue weighted by molar-refractivity contribution is 6.23. The summed E-state index contributed by atoms with van der Waals surface area (Å²) in [7, 11) is 3.08. The molecule has 2 amide bonds. The molecule has 3 fully saturated rings. The number of amides is 2. The van der Waals surface area contributed by atoms with Crippen LogP contribution in [0.1, 0.15) is 63.9 Å². The molecule has 0 aromatic heterocycles. The van der Waals surface area contributed by atoms with Crippen molar-refractivity contribution < 1.29 is 33.6 Å². The smallest absolute Gasteiger partial charge is 0.265 e. The molecule has 9 nitrogen and oxygen atoms in total. The second kappa shape index (κ2) is 8.44. The predicted molar refractivity (Wildman–Crippen MR) is 143 cm³/mol. The standard InChI is InChI=1S/C31H34N2O7/c1-37-16-39-22-9-8-18-14-23-31(36)11-10-20(33-28(34)19-4-3-5-21(38-2)24(19)29(33)35)27-30(31,25(18)26(22)40-27)12-13-32(23)15-17-6-7-17/h3-5,8-9,17,20,23,27,36H,6-7,10-16H2,1-2H3/t20-,23-,27+,30+,31-/m1/s1. The van der Waals surface area contributed by atoms with E-state index in [2.05, 4.69) is 11.0 Å². The fraction of sp³-hybridized carbons (Fsp3) is 0.548. The van der Waals surface area contributed by atoms with Gasteiger partial charge in [-0.25, -0.2) is 0 Å². The molecule has 40 heavy (non-hydrogen) atoms. The maximum absolute atomic E-state index is 13.9. The summed E-state index contributed by atoms with van der Waals surface area (Å²) < 4.78 is 23.4. The van der Waals surface area contributed by atoms with E-state index >= 15 is 0 Å². The molecule has 1 spiro atoms. The number of ether oxygens (including phenoxy) is 4. The molecule has 3 heterocycles. The molecule has 0 unspecified atom stereocenters. The van der Waals surface area contributed by atoms with Crippen LogP contribution in [0.4, 0.5) is 0 Å². The zero-order chi connectivity index (χ0) is 27.4. The molecule has 5 atom stereocenters. The highest BCUT2D eigenvalue weighted by atomic mass is 16.7. The van der Waals surface area contributed by atoms with Crippen LogP contribution in [0.2, 0.25) is 0 Å². The second-order valence-corrected chi connectivity index (χ2v) is 12.3. The first-order valence-electron chi connectivity index (χ1n) is 14.4. The lowest BCUT2D eigenvalue weighted by Crippen LogP contribution is -2.78. The number of methoxy groups -OCH3 is 2. The van der Waals surface area contributed by atoms with E-state index < -0.39 is 23.2 Å². The summed E-state index contributed by atoms with van der Waals surface area (Å²) in [4.78, 5) is 31.6. The third-order valence-electron chi connectivity index (χ3n) is 10.5. The number of rotatable bonds is 7. The van der Waals surface area contributed by atoms with Crippen LogP contribution in [0.15, 0.2) is 30.3 Å². The van der Waals surface area contributed by atoms with Crippen LogP contribution >= 0.6 is 0 Å². The average Bonchev–Trinajstić information content (AvgIpc) is 3.65. The van der Waals surface area contributed by atoms with Crippen LogP contribution in [0.3, 0.4) is 0 Å². The quantitative estimate of drug-likeness (QED) is 0.418. The largest absolute Gasteiger partial charge is 0.496 e. The van der Waals surface area contributed by atoms with Gasteiger partial charge >= 0.3 is 0 Å². The Morgan fingerprint density at radius 2 is 1.90 bits per heavy atom. The fourth-order valence-corrected chi connectivity index (χ4v) is 8.69. The molecular weight excluding hydrogens is 512 g/mol. The Morgan fingerprint density at radius 1 is 1.05 bits per heavy atom. The summed E-state index contributed by atoms with van der Waals surface area (Å²) in [5, 5.41) is 12.8. The predicted octanol–water partition coefficient (Wildman–Crippen LogP) is 2.91. The molecule has 9 heteroatoms. The van der Waals surface area contributed by atoms with E-state index in [0.29, 0.717) is 53.6 Å². The lowest BCUT2D eigenvalue weighted by molar-refractivity contribution is -0.196. The molecule has 2 bridgehead atoms. The lowest BCUT2D eigenvalue weighted by Gasteiger charge is -2.64. The van der Waals surface area contributed by atoms with Crippen LogP contribution in [0.25, 0.3) is 0 Å². The van der Waals surface area contributed by atoms with Crippen molar-refractivity contribution in [1.29, 1.82) is 0 Å². The number of hydrogen-bond acceptors (Lipinski definition) is 8. The first kappa shape index (κ1) is 24.6. The van der Waals surface area contributed by atoms with Gasteiger partial charge in [-0.05, 0) is 74.8 Å². The Morgan fingerprint density at radius 3 is 2.67 bits per heavy atom. The van der Waals surface area contributed by atoms with Crippen molar-refractivity contribution in [3.63, 3.8) is 0 Å².